The summed E-state index contributed by atoms with van der Waals surface area (Å²) in [5.74, 6) is -0.500. The highest BCUT2D eigenvalue weighted by Gasteiger charge is 2.35. The van der Waals surface area contributed by atoms with E-state index in [1.807, 2.05) is 0 Å². The smallest absolute Gasteiger partial charge is 0.285 e. The van der Waals surface area contributed by atoms with Crippen LogP contribution in [0.3, 0.4) is 0 Å². The van der Waals surface area contributed by atoms with Crippen LogP contribution in [0.25, 0.3) is 5.69 Å². The molecule has 1 saturated carbocycles. The Morgan fingerprint density at radius 3 is 2.52 bits per heavy atom. The number of carbonyl (C=O) groups excluding carboxylic acids is 1. The van der Waals surface area contributed by atoms with Crippen LogP contribution in [0.4, 0.5) is 0 Å². The number of imidazole rings is 1. The summed E-state index contributed by atoms with van der Waals surface area (Å²) in [7, 11) is -2.87. The van der Waals surface area contributed by atoms with Crippen molar-refractivity contribution in [2.24, 2.45) is 0 Å². The first-order valence-electron chi connectivity index (χ1n) is 9.14. The second kappa shape index (κ2) is 8.35. The first-order valence-corrected chi connectivity index (χ1v) is 11.8. The molecule has 0 atom stereocenters. The van der Waals surface area contributed by atoms with E-state index >= 15 is 0 Å². The second-order valence-corrected chi connectivity index (χ2v) is 9.85. The van der Waals surface area contributed by atoms with Gasteiger partial charge in [-0.05, 0) is 43.2 Å². The molecule has 1 heterocycles. The number of aromatic nitrogens is 2. The number of hydrogen-bond donors (Lipinski definition) is 1. The Kier molecular flexibility index (Phi) is 5.91. The molecule has 0 spiro atoms. The van der Waals surface area contributed by atoms with Gasteiger partial charge in [-0.3, -0.25) is 4.79 Å². The molecule has 4 rings (SSSR count). The molecular weight excluding hydrogens is 485 g/mol. The number of benzene rings is 2. The standard InChI is InChI=1S/C20H16Cl3N3O4S/c1-30-13-5-6-14(22)17(9-13)31(28,29)25-20(27)18-19(11-2-3-11)26(10-24-18)16-7-4-12(21)8-15(16)23/h4-11H,2-3H2,1H3,(H,25,27). The van der Waals surface area contributed by atoms with Crippen LogP contribution in [0.5, 0.6) is 5.75 Å². The number of hydrogen-bond acceptors (Lipinski definition) is 5. The highest BCUT2D eigenvalue weighted by molar-refractivity contribution is 7.90. The number of nitrogens with zero attached hydrogens (tertiary/aromatic N) is 2. The van der Waals surface area contributed by atoms with E-state index < -0.39 is 15.9 Å². The summed E-state index contributed by atoms with van der Waals surface area (Å²) in [4.78, 5) is 16.9. The van der Waals surface area contributed by atoms with Crippen molar-refractivity contribution in [1.82, 2.24) is 14.3 Å². The van der Waals surface area contributed by atoms with Crippen LogP contribution in [0.2, 0.25) is 15.1 Å². The van der Waals surface area contributed by atoms with Gasteiger partial charge in [0.2, 0.25) is 0 Å². The zero-order valence-electron chi connectivity index (χ0n) is 16.1. The summed E-state index contributed by atoms with van der Waals surface area (Å²) in [5, 5.41) is 0.817. The molecule has 11 heteroatoms. The lowest BCUT2D eigenvalue weighted by molar-refractivity contribution is 0.0976. The molecule has 3 aromatic rings. The molecule has 7 nitrogen and oxygen atoms in total. The molecule has 0 bridgehead atoms. The number of halogens is 3. The quantitative estimate of drug-likeness (QED) is 0.523. The predicted molar refractivity (Wildman–Crippen MR) is 118 cm³/mol. The van der Waals surface area contributed by atoms with Crippen LogP contribution in [0, 0.1) is 0 Å². The maximum Gasteiger partial charge on any atom is 0.285 e. The van der Waals surface area contributed by atoms with E-state index in [0.717, 1.165) is 12.8 Å². The maximum atomic E-state index is 12.9. The summed E-state index contributed by atoms with van der Waals surface area (Å²) >= 11 is 18.3. The number of rotatable bonds is 6. The Morgan fingerprint density at radius 1 is 1.13 bits per heavy atom. The Morgan fingerprint density at radius 2 is 1.87 bits per heavy atom. The lowest BCUT2D eigenvalue weighted by Crippen LogP contribution is -2.31. The predicted octanol–water partition coefficient (Wildman–Crippen LogP) is 4.84. The van der Waals surface area contributed by atoms with Crippen LogP contribution in [0.15, 0.2) is 47.6 Å². The number of amides is 1. The van der Waals surface area contributed by atoms with Gasteiger partial charge < -0.3 is 9.30 Å². The Bertz CT molecular complexity index is 1290. The first kappa shape index (κ1) is 22.0. The minimum atomic E-state index is -4.27. The van der Waals surface area contributed by atoms with Crippen LogP contribution in [-0.4, -0.2) is 31.0 Å². The molecule has 1 fully saturated rings. The van der Waals surface area contributed by atoms with Gasteiger partial charge in [0.25, 0.3) is 15.9 Å². The van der Waals surface area contributed by atoms with E-state index in [1.165, 1.54) is 31.6 Å². The van der Waals surface area contributed by atoms with Crippen LogP contribution in [-0.2, 0) is 10.0 Å². The number of carbonyl (C=O) groups is 1. The molecule has 1 amide bonds. The van der Waals surface area contributed by atoms with Gasteiger partial charge in [-0.15, -0.1) is 0 Å². The van der Waals surface area contributed by atoms with Gasteiger partial charge in [0.05, 0.1) is 28.5 Å². The molecular formula is C20H16Cl3N3O4S. The van der Waals surface area contributed by atoms with E-state index in [0.29, 0.717) is 21.4 Å². The van der Waals surface area contributed by atoms with Gasteiger partial charge in [0.15, 0.2) is 5.69 Å². The van der Waals surface area contributed by atoms with Crippen molar-refractivity contribution in [3.63, 3.8) is 0 Å². The number of methoxy groups -OCH3 is 1. The van der Waals surface area contributed by atoms with Crippen molar-refractivity contribution in [2.45, 2.75) is 23.7 Å². The van der Waals surface area contributed by atoms with E-state index in [9.17, 15) is 13.2 Å². The third kappa shape index (κ3) is 4.39. The zero-order valence-corrected chi connectivity index (χ0v) is 19.2. The average Bonchev–Trinajstić information content (AvgIpc) is 3.46. The van der Waals surface area contributed by atoms with Crippen molar-refractivity contribution in [1.29, 1.82) is 0 Å². The molecule has 2 aromatic carbocycles. The Hall–Kier alpha value is -2.26. The molecule has 0 unspecified atom stereocenters. The summed E-state index contributed by atoms with van der Waals surface area (Å²) in [6, 6.07) is 9.12. The number of ether oxygens (including phenoxy) is 1. The lowest BCUT2D eigenvalue weighted by atomic mass is 10.2. The largest absolute Gasteiger partial charge is 0.497 e. The number of sulfonamides is 1. The average molecular weight is 501 g/mol. The van der Waals surface area contributed by atoms with Gasteiger partial charge in [-0.1, -0.05) is 34.8 Å². The van der Waals surface area contributed by atoms with E-state index in [4.69, 9.17) is 39.5 Å². The topological polar surface area (TPSA) is 90.3 Å². The Labute approximate surface area is 193 Å². The van der Waals surface area contributed by atoms with Gasteiger partial charge in [0.1, 0.15) is 17.0 Å². The zero-order chi connectivity index (χ0) is 22.3. The van der Waals surface area contributed by atoms with Crippen molar-refractivity contribution in [3.8, 4) is 11.4 Å². The van der Waals surface area contributed by atoms with Crippen LogP contribution >= 0.6 is 34.8 Å². The monoisotopic (exact) mass is 499 g/mol. The van der Waals surface area contributed by atoms with Crippen LogP contribution < -0.4 is 9.46 Å². The van der Waals surface area contributed by atoms with Crippen molar-refractivity contribution >= 4 is 50.7 Å². The van der Waals surface area contributed by atoms with Gasteiger partial charge in [-0.25, -0.2) is 18.1 Å². The molecule has 0 aliphatic heterocycles. The molecule has 1 aliphatic carbocycles. The maximum absolute atomic E-state index is 12.9. The fraction of sp³-hybridized carbons (Fsp3) is 0.200. The van der Waals surface area contributed by atoms with E-state index in [1.54, 1.807) is 22.8 Å². The Balaban J connectivity index is 1.71. The lowest BCUT2D eigenvalue weighted by Gasteiger charge is -2.12. The minimum absolute atomic E-state index is 0.0103. The van der Waals surface area contributed by atoms with Crippen molar-refractivity contribution in [2.75, 3.05) is 7.11 Å². The second-order valence-electron chi connectivity index (χ2n) is 6.95. The normalized spacial score (nSPS) is 13.8. The molecule has 162 valence electrons. The molecule has 31 heavy (non-hydrogen) atoms. The molecule has 0 saturated heterocycles. The van der Waals surface area contributed by atoms with E-state index in [-0.39, 0.29) is 27.3 Å². The van der Waals surface area contributed by atoms with Crippen molar-refractivity contribution in [3.05, 3.63) is 69.2 Å². The van der Waals surface area contributed by atoms with Crippen molar-refractivity contribution < 1.29 is 17.9 Å². The van der Waals surface area contributed by atoms with Crippen LogP contribution in [0.1, 0.15) is 34.9 Å². The molecule has 0 radical (unpaired) electrons. The van der Waals surface area contributed by atoms with Gasteiger partial charge >= 0.3 is 0 Å². The highest BCUT2D eigenvalue weighted by Crippen LogP contribution is 2.43. The highest BCUT2D eigenvalue weighted by atomic mass is 35.5. The summed E-state index contributed by atoms with van der Waals surface area (Å²) in [5.41, 5.74) is 1.20. The third-order valence-electron chi connectivity index (χ3n) is 4.81. The molecule has 1 aliphatic rings. The SMILES string of the molecule is COc1ccc(Cl)c(S(=O)(=O)NC(=O)c2ncn(-c3ccc(Cl)cc3Cl)c2C2CC2)c1. The van der Waals surface area contributed by atoms with Gasteiger partial charge in [-0.2, -0.15) is 0 Å². The summed E-state index contributed by atoms with van der Waals surface area (Å²) < 4.78 is 34.5. The third-order valence-corrected chi connectivity index (χ3v) is 7.16. The van der Waals surface area contributed by atoms with E-state index in [2.05, 4.69) is 9.71 Å². The first-order chi connectivity index (χ1) is 14.7. The van der Waals surface area contributed by atoms with Gasteiger partial charge in [0, 0.05) is 17.0 Å². The molecule has 1 N–H and O–H groups in total. The minimum Gasteiger partial charge on any atom is -0.497 e. The molecule has 1 aromatic heterocycles. The number of nitrogens with one attached hydrogen (secondary N) is 1. The fourth-order valence-electron chi connectivity index (χ4n) is 3.19. The summed E-state index contributed by atoms with van der Waals surface area (Å²) in [6.07, 6.45) is 3.15. The summed E-state index contributed by atoms with van der Waals surface area (Å²) in [6.45, 7) is 0. The fourth-order valence-corrected chi connectivity index (χ4v) is 5.16.